The quantitative estimate of drug-likeness (QED) is 0.559. The molecule has 0 N–H and O–H groups in total. The summed E-state index contributed by atoms with van der Waals surface area (Å²) in [4.78, 5) is 2.76. The molecule has 0 radical (unpaired) electrons. The molecule has 2 rings (SSSR count). The van der Waals surface area contributed by atoms with Gasteiger partial charge in [-0.05, 0) is 45.6 Å². The second-order valence-electron chi connectivity index (χ2n) is 4.26. The van der Waals surface area contributed by atoms with Gasteiger partial charge in [0, 0.05) is 11.6 Å². The third-order valence-electron chi connectivity index (χ3n) is 3.87. The molecule has 0 spiro atoms. The van der Waals surface area contributed by atoms with E-state index in [1.165, 1.54) is 38.6 Å². The van der Waals surface area contributed by atoms with Gasteiger partial charge in [-0.1, -0.05) is 6.92 Å². The SMILES string of the molecule is CC[C@@]12CCCN1[C@@H](C)CC2. The Morgan fingerprint density at radius 3 is 2.91 bits per heavy atom. The predicted octanol–water partition coefficient (Wildman–Crippen LogP) is 2.41. The highest BCUT2D eigenvalue weighted by atomic mass is 15.3. The molecule has 2 aliphatic heterocycles. The molecular formula is C10H19N. The van der Waals surface area contributed by atoms with E-state index in [4.69, 9.17) is 0 Å². The van der Waals surface area contributed by atoms with E-state index >= 15 is 0 Å². The van der Waals surface area contributed by atoms with E-state index in [2.05, 4.69) is 18.7 Å². The molecule has 0 aromatic rings. The molecule has 2 heterocycles. The van der Waals surface area contributed by atoms with E-state index in [-0.39, 0.29) is 0 Å². The monoisotopic (exact) mass is 153 g/mol. The van der Waals surface area contributed by atoms with Gasteiger partial charge in [-0.2, -0.15) is 0 Å². The fourth-order valence-electron chi connectivity index (χ4n) is 3.11. The number of nitrogens with zero attached hydrogens (tertiary/aromatic N) is 1. The van der Waals surface area contributed by atoms with Crippen molar-refractivity contribution < 1.29 is 0 Å². The molecule has 0 aromatic carbocycles. The summed E-state index contributed by atoms with van der Waals surface area (Å²) in [5.74, 6) is 0. The zero-order chi connectivity index (χ0) is 7.90. The van der Waals surface area contributed by atoms with Gasteiger partial charge >= 0.3 is 0 Å². The standard InChI is InChI=1S/C10H19N/c1-3-10-6-4-8-11(10)9(2)5-7-10/h9H,3-8H2,1-2H3/t9-,10-/m0/s1. The van der Waals surface area contributed by atoms with E-state index in [0.29, 0.717) is 5.54 Å². The molecule has 0 unspecified atom stereocenters. The Morgan fingerprint density at radius 2 is 2.27 bits per heavy atom. The minimum absolute atomic E-state index is 0.652. The van der Waals surface area contributed by atoms with Crippen molar-refractivity contribution in [3.63, 3.8) is 0 Å². The van der Waals surface area contributed by atoms with Crippen LogP contribution in [0.4, 0.5) is 0 Å². The van der Waals surface area contributed by atoms with Gasteiger partial charge in [-0.15, -0.1) is 0 Å². The maximum Gasteiger partial charge on any atom is 0.0210 e. The van der Waals surface area contributed by atoms with Gasteiger partial charge in [0.15, 0.2) is 0 Å². The molecule has 11 heavy (non-hydrogen) atoms. The lowest BCUT2D eigenvalue weighted by atomic mass is 9.91. The van der Waals surface area contributed by atoms with E-state index < -0.39 is 0 Å². The van der Waals surface area contributed by atoms with E-state index in [1.807, 2.05) is 0 Å². The largest absolute Gasteiger partial charge is 0.295 e. The molecule has 2 atom stereocenters. The van der Waals surface area contributed by atoms with Crippen LogP contribution in [0.3, 0.4) is 0 Å². The maximum absolute atomic E-state index is 2.76. The van der Waals surface area contributed by atoms with E-state index in [9.17, 15) is 0 Å². The summed E-state index contributed by atoms with van der Waals surface area (Å²) in [6, 6.07) is 0.873. The highest BCUT2D eigenvalue weighted by Gasteiger charge is 2.45. The van der Waals surface area contributed by atoms with Crippen LogP contribution < -0.4 is 0 Å². The van der Waals surface area contributed by atoms with Crippen molar-refractivity contribution in [1.29, 1.82) is 0 Å². The molecule has 0 saturated carbocycles. The average molecular weight is 153 g/mol. The Bertz CT molecular complexity index is 155. The van der Waals surface area contributed by atoms with Gasteiger partial charge in [0.1, 0.15) is 0 Å². The lowest BCUT2D eigenvalue weighted by Crippen LogP contribution is -2.40. The first-order valence-corrected chi connectivity index (χ1v) is 5.05. The van der Waals surface area contributed by atoms with Crippen molar-refractivity contribution in [1.82, 2.24) is 4.90 Å². The zero-order valence-corrected chi connectivity index (χ0v) is 7.77. The van der Waals surface area contributed by atoms with Crippen molar-refractivity contribution in [2.45, 2.75) is 57.5 Å². The van der Waals surface area contributed by atoms with Gasteiger partial charge in [0.05, 0.1) is 0 Å². The van der Waals surface area contributed by atoms with Crippen molar-refractivity contribution in [2.24, 2.45) is 0 Å². The Morgan fingerprint density at radius 1 is 1.45 bits per heavy atom. The second kappa shape index (κ2) is 2.48. The summed E-state index contributed by atoms with van der Waals surface area (Å²) in [5.41, 5.74) is 0.652. The first kappa shape index (κ1) is 7.60. The smallest absolute Gasteiger partial charge is 0.0210 e. The van der Waals surface area contributed by atoms with Crippen LogP contribution >= 0.6 is 0 Å². The van der Waals surface area contributed by atoms with Gasteiger partial charge in [0.2, 0.25) is 0 Å². The van der Waals surface area contributed by atoms with Crippen LogP contribution in [0.1, 0.15) is 46.0 Å². The minimum Gasteiger partial charge on any atom is -0.295 e. The van der Waals surface area contributed by atoms with Crippen LogP contribution in [-0.2, 0) is 0 Å². The fraction of sp³-hybridized carbons (Fsp3) is 1.00. The van der Waals surface area contributed by atoms with Gasteiger partial charge < -0.3 is 0 Å². The molecule has 1 nitrogen and oxygen atoms in total. The maximum atomic E-state index is 2.76. The molecule has 0 bridgehead atoms. The predicted molar refractivity (Wildman–Crippen MR) is 47.7 cm³/mol. The molecule has 2 aliphatic rings. The highest BCUT2D eigenvalue weighted by molar-refractivity contribution is 5.02. The Kier molecular flexibility index (Phi) is 1.71. The van der Waals surface area contributed by atoms with Crippen LogP contribution in [0.5, 0.6) is 0 Å². The Hall–Kier alpha value is -0.0400. The normalized spacial score (nSPS) is 44.7. The minimum atomic E-state index is 0.652. The molecule has 2 saturated heterocycles. The highest BCUT2D eigenvalue weighted by Crippen LogP contribution is 2.43. The third kappa shape index (κ3) is 0.936. The topological polar surface area (TPSA) is 3.24 Å². The summed E-state index contributed by atoms with van der Waals surface area (Å²) >= 11 is 0. The van der Waals surface area contributed by atoms with Crippen molar-refractivity contribution in [3.05, 3.63) is 0 Å². The first-order chi connectivity index (χ1) is 5.28. The summed E-state index contributed by atoms with van der Waals surface area (Å²) < 4.78 is 0. The zero-order valence-electron chi connectivity index (χ0n) is 7.77. The lowest BCUT2D eigenvalue weighted by Gasteiger charge is -2.33. The lowest BCUT2D eigenvalue weighted by molar-refractivity contribution is 0.153. The van der Waals surface area contributed by atoms with Crippen LogP contribution in [-0.4, -0.2) is 23.0 Å². The summed E-state index contributed by atoms with van der Waals surface area (Å²) in [6.45, 7) is 6.12. The van der Waals surface area contributed by atoms with Crippen molar-refractivity contribution in [3.8, 4) is 0 Å². The molecule has 0 aromatic heterocycles. The van der Waals surface area contributed by atoms with Crippen molar-refractivity contribution in [2.75, 3.05) is 6.54 Å². The molecule has 2 fully saturated rings. The Balaban J connectivity index is 2.18. The first-order valence-electron chi connectivity index (χ1n) is 5.05. The number of fused-ring (bicyclic) bond motifs is 1. The fourth-order valence-corrected chi connectivity index (χ4v) is 3.11. The Labute approximate surface area is 69.8 Å². The summed E-state index contributed by atoms with van der Waals surface area (Å²) in [7, 11) is 0. The summed E-state index contributed by atoms with van der Waals surface area (Å²) in [6.07, 6.45) is 7.18. The molecule has 0 aliphatic carbocycles. The average Bonchev–Trinajstić information content (AvgIpc) is 2.53. The third-order valence-corrected chi connectivity index (χ3v) is 3.87. The number of hydrogen-bond acceptors (Lipinski definition) is 1. The molecule has 0 amide bonds. The van der Waals surface area contributed by atoms with E-state index in [1.54, 1.807) is 0 Å². The van der Waals surface area contributed by atoms with Crippen LogP contribution in [0.2, 0.25) is 0 Å². The van der Waals surface area contributed by atoms with Gasteiger partial charge in [0.25, 0.3) is 0 Å². The van der Waals surface area contributed by atoms with Crippen LogP contribution in [0.25, 0.3) is 0 Å². The van der Waals surface area contributed by atoms with Gasteiger partial charge in [-0.25, -0.2) is 0 Å². The molecule has 64 valence electrons. The summed E-state index contributed by atoms with van der Waals surface area (Å²) in [5, 5.41) is 0. The number of rotatable bonds is 1. The van der Waals surface area contributed by atoms with E-state index in [0.717, 1.165) is 6.04 Å². The second-order valence-corrected chi connectivity index (χ2v) is 4.26. The van der Waals surface area contributed by atoms with Crippen molar-refractivity contribution >= 4 is 0 Å². The molecular weight excluding hydrogens is 134 g/mol. The number of hydrogen-bond donors (Lipinski definition) is 0. The van der Waals surface area contributed by atoms with Crippen LogP contribution in [0, 0.1) is 0 Å². The molecule has 1 heteroatoms. The van der Waals surface area contributed by atoms with Crippen LogP contribution in [0.15, 0.2) is 0 Å². The van der Waals surface area contributed by atoms with Gasteiger partial charge in [-0.3, -0.25) is 4.90 Å².